The molecule has 0 atom stereocenters. The minimum Gasteiger partial charge on any atom is -0.373 e. The van der Waals surface area contributed by atoms with Gasteiger partial charge in [-0.2, -0.15) is 0 Å². The highest BCUT2D eigenvalue weighted by Crippen LogP contribution is 2.23. The van der Waals surface area contributed by atoms with Crippen molar-refractivity contribution in [1.82, 2.24) is 9.80 Å². The van der Waals surface area contributed by atoms with Crippen molar-refractivity contribution in [3.05, 3.63) is 0 Å². The van der Waals surface area contributed by atoms with Crippen molar-refractivity contribution in [1.29, 1.82) is 0 Å². The van der Waals surface area contributed by atoms with E-state index in [1.54, 1.807) is 0 Å². The standard InChI is InChI=1S/C21H38N2O/c1-20(2,3)23-16-9-18(10-17-23)8-7-13-22-14-11-19(12-15-22)24-21(4,5)6/h18-19H,9-17H2,1-6H3. The molecule has 3 heteroatoms. The van der Waals surface area contributed by atoms with Gasteiger partial charge in [0.25, 0.3) is 0 Å². The lowest BCUT2D eigenvalue weighted by Gasteiger charge is -2.39. The van der Waals surface area contributed by atoms with Crippen LogP contribution in [0.4, 0.5) is 0 Å². The number of piperidine rings is 2. The molecule has 0 unspecified atom stereocenters. The summed E-state index contributed by atoms with van der Waals surface area (Å²) in [5, 5.41) is 0. The van der Waals surface area contributed by atoms with Crippen LogP contribution in [0.25, 0.3) is 0 Å². The van der Waals surface area contributed by atoms with Gasteiger partial charge in [0.2, 0.25) is 0 Å². The van der Waals surface area contributed by atoms with Crippen LogP contribution in [0, 0.1) is 17.8 Å². The van der Waals surface area contributed by atoms with Crippen molar-refractivity contribution in [3.8, 4) is 11.8 Å². The van der Waals surface area contributed by atoms with Gasteiger partial charge in [0.05, 0.1) is 18.2 Å². The fourth-order valence-electron chi connectivity index (χ4n) is 3.68. The Bertz CT molecular complexity index is 433. The molecular weight excluding hydrogens is 296 g/mol. The Morgan fingerprint density at radius 2 is 1.46 bits per heavy atom. The van der Waals surface area contributed by atoms with Crippen LogP contribution in [0.5, 0.6) is 0 Å². The van der Waals surface area contributed by atoms with Crippen LogP contribution >= 0.6 is 0 Å². The molecule has 24 heavy (non-hydrogen) atoms. The lowest BCUT2D eigenvalue weighted by molar-refractivity contribution is -0.0810. The van der Waals surface area contributed by atoms with Crippen LogP contribution in [-0.4, -0.2) is 59.8 Å². The Balaban J connectivity index is 1.66. The molecule has 0 bridgehead atoms. The Kier molecular flexibility index (Phi) is 6.76. The maximum Gasteiger partial charge on any atom is 0.0606 e. The molecule has 0 amide bonds. The SMILES string of the molecule is CC(C)(C)OC1CCN(CC#CC2CCN(C(C)(C)C)CC2)CC1. The molecule has 2 fully saturated rings. The Labute approximate surface area is 150 Å². The molecular formula is C21H38N2O. The van der Waals surface area contributed by atoms with E-state index in [1.807, 2.05) is 0 Å². The second-order valence-corrected chi connectivity index (χ2v) is 9.46. The van der Waals surface area contributed by atoms with Gasteiger partial charge in [-0.1, -0.05) is 11.8 Å². The molecule has 3 nitrogen and oxygen atoms in total. The summed E-state index contributed by atoms with van der Waals surface area (Å²) in [4.78, 5) is 5.07. The molecule has 0 aliphatic carbocycles. The number of rotatable bonds is 2. The summed E-state index contributed by atoms with van der Waals surface area (Å²) in [5.41, 5.74) is 0.284. The summed E-state index contributed by atoms with van der Waals surface area (Å²) in [6, 6.07) is 0. The summed E-state index contributed by atoms with van der Waals surface area (Å²) < 4.78 is 6.10. The lowest BCUT2D eigenvalue weighted by Crippen LogP contribution is -2.46. The quantitative estimate of drug-likeness (QED) is 0.715. The summed E-state index contributed by atoms with van der Waals surface area (Å²) in [7, 11) is 0. The molecule has 0 N–H and O–H groups in total. The van der Waals surface area contributed by atoms with Gasteiger partial charge in [-0.3, -0.25) is 9.80 Å². The van der Waals surface area contributed by atoms with E-state index in [-0.39, 0.29) is 5.60 Å². The van der Waals surface area contributed by atoms with Gasteiger partial charge in [-0.25, -0.2) is 0 Å². The monoisotopic (exact) mass is 334 g/mol. The van der Waals surface area contributed by atoms with Crippen LogP contribution in [0.15, 0.2) is 0 Å². The lowest BCUT2D eigenvalue weighted by atomic mass is 9.93. The third kappa shape index (κ3) is 6.75. The number of nitrogens with zero attached hydrogens (tertiary/aromatic N) is 2. The Morgan fingerprint density at radius 3 is 1.96 bits per heavy atom. The average Bonchev–Trinajstić information content (AvgIpc) is 2.47. The van der Waals surface area contributed by atoms with Crippen molar-refractivity contribution < 1.29 is 4.74 Å². The zero-order chi connectivity index (χ0) is 17.8. The third-order valence-electron chi connectivity index (χ3n) is 5.11. The second-order valence-electron chi connectivity index (χ2n) is 9.46. The van der Waals surface area contributed by atoms with E-state index in [0.717, 1.165) is 32.5 Å². The average molecular weight is 335 g/mol. The molecule has 0 spiro atoms. The van der Waals surface area contributed by atoms with Crippen molar-refractivity contribution in [2.75, 3.05) is 32.7 Å². The summed E-state index contributed by atoms with van der Waals surface area (Å²) in [6.07, 6.45) is 5.17. The van der Waals surface area contributed by atoms with Gasteiger partial charge in [-0.15, -0.1) is 0 Å². The first-order valence-electron chi connectivity index (χ1n) is 9.77. The Morgan fingerprint density at radius 1 is 0.875 bits per heavy atom. The van der Waals surface area contributed by atoms with Gasteiger partial charge < -0.3 is 4.74 Å². The van der Waals surface area contributed by atoms with Gasteiger partial charge in [0.1, 0.15) is 0 Å². The van der Waals surface area contributed by atoms with Crippen LogP contribution in [0.2, 0.25) is 0 Å². The zero-order valence-corrected chi connectivity index (χ0v) is 16.8. The highest BCUT2D eigenvalue weighted by molar-refractivity contribution is 5.07. The first kappa shape index (κ1) is 19.8. The topological polar surface area (TPSA) is 15.7 Å². The molecule has 2 aliphatic rings. The molecule has 2 aliphatic heterocycles. The summed E-state index contributed by atoms with van der Waals surface area (Å²) in [6.45, 7) is 18.9. The second kappa shape index (κ2) is 8.21. The minimum atomic E-state index is -0.0193. The summed E-state index contributed by atoms with van der Waals surface area (Å²) in [5.74, 6) is 7.60. The van der Waals surface area contributed by atoms with Gasteiger partial charge in [-0.05, 0) is 80.3 Å². The fraction of sp³-hybridized carbons (Fsp3) is 0.905. The first-order chi connectivity index (χ1) is 11.1. The maximum atomic E-state index is 6.10. The van der Waals surface area contributed by atoms with Crippen molar-refractivity contribution >= 4 is 0 Å². The van der Waals surface area contributed by atoms with Gasteiger partial charge >= 0.3 is 0 Å². The van der Waals surface area contributed by atoms with E-state index >= 15 is 0 Å². The highest BCUT2D eigenvalue weighted by atomic mass is 16.5. The zero-order valence-electron chi connectivity index (χ0n) is 16.8. The molecule has 0 aromatic heterocycles. The molecule has 0 saturated carbocycles. The number of hydrogen-bond acceptors (Lipinski definition) is 3. The van der Waals surface area contributed by atoms with Gasteiger partial charge in [0, 0.05) is 24.5 Å². The first-order valence-corrected chi connectivity index (χ1v) is 9.77. The molecule has 2 saturated heterocycles. The van der Waals surface area contributed by atoms with E-state index in [0.29, 0.717) is 17.6 Å². The minimum absolute atomic E-state index is 0.0193. The number of likely N-dealkylation sites (tertiary alicyclic amines) is 2. The number of hydrogen-bond donors (Lipinski definition) is 0. The molecule has 2 heterocycles. The molecule has 2 rings (SSSR count). The van der Waals surface area contributed by atoms with E-state index < -0.39 is 0 Å². The van der Waals surface area contributed by atoms with Crippen LogP contribution in [-0.2, 0) is 4.74 Å². The predicted octanol–water partition coefficient (Wildman–Crippen LogP) is 3.78. The molecule has 0 aromatic carbocycles. The summed E-state index contributed by atoms with van der Waals surface area (Å²) >= 11 is 0. The largest absolute Gasteiger partial charge is 0.373 e. The number of ether oxygens (including phenoxy) is 1. The molecule has 0 aromatic rings. The van der Waals surface area contributed by atoms with Crippen molar-refractivity contribution in [2.24, 2.45) is 5.92 Å². The van der Waals surface area contributed by atoms with E-state index in [4.69, 9.17) is 4.74 Å². The highest BCUT2D eigenvalue weighted by Gasteiger charge is 2.26. The van der Waals surface area contributed by atoms with E-state index in [9.17, 15) is 0 Å². The predicted molar refractivity (Wildman–Crippen MR) is 102 cm³/mol. The smallest absolute Gasteiger partial charge is 0.0606 e. The molecule has 0 radical (unpaired) electrons. The van der Waals surface area contributed by atoms with Crippen LogP contribution in [0.3, 0.4) is 0 Å². The third-order valence-corrected chi connectivity index (χ3v) is 5.11. The van der Waals surface area contributed by atoms with Crippen LogP contribution < -0.4 is 0 Å². The fourth-order valence-corrected chi connectivity index (χ4v) is 3.68. The van der Waals surface area contributed by atoms with E-state index in [2.05, 4.69) is 63.2 Å². The van der Waals surface area contributed by atoms with E-state index in [1.165, 1.54) is 25.9 Å². The maximum absolute atomic E-state index is 6.10. The van der Waals surface area contributed by atoms with Gasteiger partial charge in [0.15, 0.2) is 0 Å². The van der Waals surface area contributed by atoms with Crippen molar-refractivity contribution in [2.45, 2.75) is 84.5 Å². The van der Waals surface area contributed by atoms with Crippen molar-refractivity contribution in [3.63, 3.8) is 0 Å². The Hall–Kier alpha value is -0.560. The van der Waals surface area contributed by atoms with Crippen LogP contribution in [0.1, 0.15) is 67.2 Å². The normalized spacial score (nSPS) is 23.1. The molecule has 138 valence electrons.